The third-order valence-corrected chi connectivity index (χ3v) is 4.70. The quantitative estimate of drug-likeness (QED) is 0.0760. The summed E-state index contributed by atoms with van der Waals surface area (Å²) < 4.78 is 11.4. The lowest BCUT2D eigenvalue weighted by molar-refractivity contribution is -0.142. The fourth-order valence-corrected chi connectivity index (χ4v) is 2.84. The van der Waals surface area contributed by atoms with Crippen molar-refractivity contribution in [3.63, 3.8) is 0 Å². The Labute approximate surface area is 176 Å². The van der Waals surface area contributed by atoms with Crippen molar-refractivity contribution < 1.29 is 33.6 Å². The fourth-order valence-electron chi connectivity index (χ4n) is 2.27. The molecule has 4 unspecified atom stereocenters. The Morgan fingerprint density at radius 1 is 1.00 bits per heavy atom. The largest absolute Gasteiger partial charge is 0.481 e. The van der Waals surface area contributed by atoms with Crippen LogP contribution in [0.2, 0.25) is 0 Å². The number of amides is 2. The van der Waals surface area contributed by atoms with E-state index in [0.29, 0.717) is 0 Å². The average molecular weight is 451 g/mol. The number of guanidine groups is 1. The predicted octanol–water partition coefficient (Wildman–Crippen LogP) is -2.95. The van der Waals surface area contributed by atoms with Gasteiger partial charge in [-0.25, -0.2) is 4.79 Å². The van der Waals surface area contributed by atoms with Gasteiger partial charge < -0.3 is 38.0 Å². The van der Waals surface area contributed by atoms with Crippen LogP contribution < -0.4 is 27.8 Å². The van der Waals surface area contributed by atoms with Gasteiger partial charge in [-0.1, -0.05) is 0 Å². The molecular weight excluding hydrogens is 420 g/mol. The highest BCUT2D eigenvalue weighted by molar-refractivity contribution is 7.84. The maximum atomic E-state index is 12.5. The SMILES string of the molecule is CS(=O)CCC(NC(=O)C(N)CCC(=O)O)C(=O)NC(CCCN=C(N)N)C(=O)O. The molecule has 0 aromatic heterocycles. The molecule has 0 saturated heterocycles. The lowest BCUT2D eigenvalue weighted by Gasteiger charge is -2.22. The monoisotopic (exact) mass is 450 g/mol. The summed E-state index contributed by atoms with van der Waals surface area (Å²) in [6.07, 6.45) is 1.24. The van der Waals surface area contributed by atoms with Gasteiger partial charge in [0.15, 0.2) is 5.96 Å². The predicted molar refractivity (Wildman–Crippen MR) is 110 cm³/mol. The Balaban J connectivity index is 5.05. The van der Waals surface area contributed by atoms with Crippen LogP contribution >= 0.6 is 0 Å². The number of nitrogens with two attached hydrogens (primary N) is 3. The molecule has 0 fully saturated rings. The Bertz CT molecular complexity index is 668. The van der Waals surface area contributed by atoms with Crippen molar-refractivity contribution in [1.82, 2.24) is 10.6 Å². The Hall–Kier alpha value is -2.74. The molecule has 0 bridgehead atoms. The van der Waals surface area contributed by atoms with Gasteiger partial charge in [0.2, 0.25) is 11.8 Å². The number of nitrogens with zero attached hydrogens (tertiary/aromatic N) is 1. The molecule has 0 aliphatic rings. The fraction of sp³-hybridized carbons (Fsp3) is 0.688. The summed E-state index contributed by atoms with van der Waals surface area (Å²) in [6.45, 7) is 0.176. The molecule has 0 aliphatic carbocycles. The topological polar surface area (TPSA) is 240 Å². The van der Waals surface area contributed by atoms with Crippen molar-refractivity contribution in [2.75, 3.05) is 18.6 Å². The van der Waals surface area contributed by atoms with E-state index < -0.39 is 52.7 Å². The van der Waals surface area contributed by atoms with Crippen LogP contribution in [0.4, 0.5) is 0 Å². The maximum Gasteiger partial charge on any atom is 0.326 e. The van der Waals surface area contributed by atoms with E-state index in [1.54, 1.807) is 0 Å². The third kappa shape index (κ3) is 12.7. The lowest BCUT2D eigenvalue weighted by Crippen LogP contribution is -2.54. The van der Waals surface area contributed by atoms with E-state index in [1.807, 2.05) is 0 Å². The highest BCUT2D eigenvalue weighted by Gasteiger charge is 2.28. The van der Waals surface area contributed by atoms with Crippen molar-refractivity contribution in [2.45, 2.75) is 50.2 Å². The number of carboxylic acids is 2. The first-order valence-electron chi connectivity index (χ1n) is 9.10. The van der Waals surface area contributed by atoms with Gasteiger partial charge in [0, 0.05) is 35.8 Å². The van der Waals surface area contributed by atoms with Crippen molar-refractivity contribution in [3.05, 3.63) is 0 Å². The van der Waals surface area contributed by atoms with Gasteiger partial charge in [-0.05, 0) is 25.7 Å². The first-order valence-corrected chi connectivity index (χ1v) is 10.8. The van der Waals surface area contributed by atoms with Crippen LogP contribution in [0, 0.1) is 0 Å². The Kier molecular flexibility index (Phi) is 13.0. The number of hydrogen-bond donors (Lipinski definition) is 7. The minimum Gasteiger partial charge on any atom is -0.481 e. The second-order valence-electron chi connectivity index (χ2n) is 6.51. The first kappa shape index (κ1) is 27.3. The summed E-state index contributed by atoms with van der Waals surface area (Å²) in [6, 6.07) is -3.60. The molecule has 0 radical (unpaired) electrons. The summed E-state index contributed by atoms with van der Waals surface area (Å²) in [7, 11) is -1.26. The maximum absolute atomic E-state index is 12.5. The zero-order valence-electron chi connectivity index (χ0n) is 16.7. The summed E-state index contributed by atoms with van der Waals surface area (Å²) in [5.74, 6) is -4.02. The second kappa shape index (κ2) is 14.3. The van der Waals surface area contributed by atoms with Gasteiger partial charge in [-0.15, -0.1) is 0 Å². The van der Waals surface area contributed by atoms with Crippen molar-refractivity contribution in [3.8, 4) is 0 Å². The molecule has 30 heavy (non-hydrogen) atoms. The number of rotatable bonds is 15. The van der Waals surface area contributed by atoms with Crippen molar-refractivity contribution in [2.24, 2.45) is 22.2 Å². The van der Waals surface area contributed by atoms with Crippen LogP contribution in [0.25, 0.3) is 0 Å². The summed E-state index contributed by atoms with van der Waals surface area (Å²) in [4.78, 5) is 50.5. The molecule has 14 heteroatoms. The standard InChI is InChI=1S/C16H30N6O7S/c1-30(29)8-6-10(21-13(25)9(17)4-5-12(23)24)14(26)22-11(15(27)28)3-2-7-20-16(18)19/h9-11H,2-8,17H2,1H3,(H,21,25)(H,22,26)(H,23,24)(H,27,28)(H4,18,19,20). The van der Waals surface area contributed by atoms with Gasteiger partial charge >= 0.3 is 11.9 Å². The number of aliphatic carboxylic acids is 2. The van der Waals surface area contributed by atoms with Crippen LogP contribution in [-0.2, 0) is 30.0 Å². The number of nitrogens with one attached hydrogen (secondary N) is 2. The highest BCUT2D eigenvalue weighted by atomic mass is 32.2. The Morgan fingerprint density at radius 2 is 1.60 bits per heavy atom. The normalized spacial score (nSPS) is 14.6. The zero-order valence-corrected chi connectivity index (χ0v) is 17.5. The molecule has 2 amide bonds. The smallest absolute Gasteiger partial charge is 0.326 e. The van der Waals surface area contributed by atoms with Crippen LogP contribution in [0.3, 0.4) is 0 Å². The first-order chi connectivity index (χ1) is 13.9. The molecule has 0 aromatic carbocycles. The zero-order chi connectivity index (χ0) is 23.3. The van der Waals surface area contributed by atoms with Gasteiger partial charge in [0.1, 0.15) is 12.1 Å². The molecule has 0 aliphatic heterocycles. The van der Waals surface area contributed by atoms with Crippen molar-refractivity contribution >= 4 is 40.5 Å². The van der Waals surface area contributed by atoms with Gasteiger partial charge in [-0.3, -0.25) is 23.6 Å². The average Bonchev–Trinajstić information content (AvgIpc) is 2.64. The lowest BCUT2D eigenvalue weighted by atomic mass is 10.1. The molecular formula is C16H30N6O7S. The molecule has 172 valence electrons. The van der Waals surface area contributed by atoms with Crippen LogP contribution in [0.1, 0.15) is 32.1 Å². The number of carbonyl (C=O) groups excluding carboxylic acids is 2. The van der Waals surface area contributed by atoms with E-state index in [-0.39, 0.29) is 50.4 Å². The molecule has 4 atom stereocenters. The van der Waals surface area contributed by atoms with Crippen LogP contribution in [-0.4, -0.2) is 80.8 Å². The highest BCUT2D eigenvalue weighted by Crippen LogP contribution is 2.03. The number of carbonyl (C=O) groups is 4. The minimum absolute atomic E-state index is 0.0212. The Morgan fingerprint density at radius 3 is 2.10 bits per heavy atom. The summed E-state index contributed by atoms with van der Waals surface area (Å²) >= 11 is 0. The third-order valence-electron chi connectivity index (χ3n) is 3.89. The second-order valence-corrected chi connectivity index (χ2v) is 8.07. The number of carboxylic acid groups (broad SMARTS) is 2. The molecule has 0 rings (SSSR count). The van der Waals surface area contributed by atoms with E-state index in [1.165, 1.54) is 6.26 Å². The molecule has 0 saturated carbocycles. The number of aliphatic imine (C=N–C) groups is 1. The van der Waals surface area contributed by atoms with Crippen LogP contribution in [0.5, 0.6) is 0 Å². The minimum atomic E-state index is -1.28. The van der Waals surface area contributed by atoms with E-state index in [0.717, 1.165) is 0 Å². The molecule has 10 N–H and O–H groups in total. The molecule has 13 nitrogen and oxygen atoms in total. The summed E-state index contributed by atoms with van der Waals surface area (Å²) in [5.41, 5.74) is 16.0. The summed E-state index contributed by atoms with van der Waals surface area (Å²) in [5, 5.41) is 22.7. The van der Waals surface area contributed by atoms with Crippen molar-refractivity contribution in [1.29, 1.82) is 0 Å². The molecule has 0 heterocycles. The van der Waals surface area contributed by atoms with Gasteiger partial charge in [-0.2, -0.15) is 0 Å². The van der Waals surface area contributed by atoms with Gasteiger partial charge in [0.25, 0.3) is 0 Å². The van der Waals surface area contributed by atoms with Gasteiger partial charge in [0.05, 0.1) is 6.04 Å². The van der Waals surface area contributed by atoms with Crippen LogP contribution in [0.15, 0.2) is 4.99 Å². The van der Waals surface area contributed by atoms with E-state index in [9.17, 15) is 28.5 Å². The van der Waals surface area contributed by atoms with E-state index >= 15 is 0 Å². The van der Waals surface area contributed by atoms with E-state index in [2.05, 4.69) is 15.6 Å². The molecule has 0 aromatic rings. The van der Waals surface area contributed by atoms with E-state index in [4.69, 9.17) is 22.3 Å². The number of hydrogen-bond acceptors (Lipinski definition) is 7. The molecule has 0 spiro atoms.